The molecule has 1 aliphatic carbocycles. The van der Waals surface area contributed by atoms with Gasteiger partial charge in [0.1, 0.15) is 0 Å². The highest BCUT2D eigenvalue weighted by Gasteiger charge is 2.76. The molecule has 0 amide bonds. The molecule has 0 saturated carbocycles. The summed E-state index contributed by atoms with van der Waals surface area (Å²) in [6.07, 6.45) is 2.14. The number of aryl methyl sites for hydroxylation is 1. The molecular formula is C36H36O7. The van der Waals surface area contributed by atoms with Crippen LogP contribution in [0.5, 0.6) is 0 Å². The van der Waals surface area contributed by atoms with Crippen molar-refractivity contribution < 1.29 is 33.3 Å². The Morgan fingerprint density at radius 3 is 1.77 bits per heavy atom. The molecule has 0 N–H and O–H groups in total. The highest BCUT2D eigenvalue weighted by atomic mass is 16.8. The van der Waals surface area contributed by atoms with Gasteiger partial charge in [0.05, 0.1) is 14.2 Å². The third-order valence-corrected chi connectivity index (χ3v) is 8.11. The van der Waals surface area contributed by atoms with E-state index in [1.807, 2.05) is 107 Å². The summed E-state index contributed by atoms with van der Waals surface area (Å²) in [5.41, 5.74) is -1.10. The van der Waals surface area contributed by atoms with Gasteiger partial charge in [0.15, 0.2) is 12.1 Å². The smallest absolute Gasteiger partial charge is 0.354 e. The molecule has 5 rings (SSSR count). The highest BCUT2D eigenvalue weighted by Crippen LogP contribution is 2.54. The van der Waals surface area contributed by atoms with Crippen molar-refractivity contribution in [3.63, 3.8) is 0 Å². The van der Waals surface area contributed by atoms with E-state index in [-0.39, 0.29) is 0 Å². The molecule has 2 atom stereocenters. The van der Waals surface area contributed by atoms with Gasteiger partial charge in [0.25, 0.3) is 0 Å². The van der Waals surface area contributed by atoms with Crippen LogP contribution in [0.3, 0.4) is 0 Å². The van der Waals surface area contributed by atoms with Gasteiger partial charge in [-0.1, -0.05) is 117 Å². The van der Waals surface area contributed by atoms with Gasteiger partial charge < -0.3 is 18.9 Å². The molecule has 1 spiro atoms. The fraction of sp³-hybridized carbons (Fsp3) is 0.306. The molecule has 1 aliphatic heterocycles. The Kier molecular flexibility index (Phi) is 7.99. The van der Waals surface area contributed by atoms with Crippen LogP contribution in [0.4, 0.5) is 0 Å². The number of ether oxygens (including phenoxy) is 4. The molecule has 2 aliphatic rings. The number of allylic oxidation sites excluding steroid dienone is 2. The first-order chi connectivity index (χ1) is 20.5. The number of Topliss-reactive ketones (excluding diaryl/α,β-unsaturated/α-hetero) is 1. The Morgan fingerprint density at radius 2 is 1.30 bits per heavy atom. The van der Waals surface area contributed by atoms with Crippen LogP contribution in [-0.2, 0) is 33.3 Å². The number of carbonyl (C=O) groups is 3. The number of methoxy groups -OCH3 is 2. The summed E-state index contributed by atoms with van der Waals surface area (Å²) in [5.74, 6) is -3.33. The van der Waals surface area contributed by atoms with Gasteiger partial charge in [-0.05, 0) is 35.1 Å². The lowest BCUT2D eigenvalue weighted by molar-refractivity contribution is -0.191. The number of esters is 2. The standard InChI is InChI=1S/C36H36O7/c1-23-17-19-26(20-18-23)31-42-35(36(43-31,32(38)40-5)33(39)41-6)22-27(34(2,3)4)21-28(30(35)37)29(24-13-9-7-10-14-24)25-15-11-8-12-16-25/h7-22,29,31H,1-6H3/t31-,35+/m1/s1. The van der Waals surface area contributed by atoms with Crippen LogP contribution in [0.2, 0.25) is 0 Å². The van der Waals surface area contributed by atoms with Gasteiger partial charge >= 0.3 is 17.5 Å². The summed E-state index contributed by atoms with van der Waals surface area (Å²) < 4.78 is 23.2. The van der Waals surface area contributed by atoms with E-state index in [1.165, 1.54) is 0 Å². The maximum atomic E-state index is 15.2. The summed E-state index contributed by atoms with van der Waals surface area (Å²) >= 11 is 0. The molecule has 0 aromatic heterocycles. The Balaban J connectivity index is 1.82. The molecule has 43 heavy (non-hydrogen) atoms. The molecule has 0 radical (unpaired) electrons. The number of rotatable bonds is 6. The SMILES string of the molecule is COC(=O)C1(C(=O)OC)O[C@H](c2ccc(C)cc2)O[C@]12C=C(C(C)(C)C)C=C(C(c1ccccc1)c1ccccc1)C2=O. The van der Waals surface area contributed by atoms with E-state index in [0.29, 0.717) is 16.7 Å². The first kappa shape index (κ1) is 30.1. The second kappa shape index (κ2) is 11.4. The van der Waals surface area contributed by atoms with Crippen LogP contribution in [0.15, 0.2) is 108 Å². The van der Waals surface area contributed by atoms with Crippen molar-refractivity contribution in [3.8, 4) is 0 Å². The number of carbonyl (C=O) groups excluding carboxylic acids is 3. The first-order valence-corrected chi connectivity index (χ1v) is 14.2. The Morgan fingerprint density at radius 1 is 0.791 bits per heavy atom. The third kappa shape index (κ3) is 5.02. The molecule has 3 aromatic carbocycles. The highest BCUT2D eigenvalue weighted by molar-refractivity contribution is 6.18. The van der Waals surface area contributed by atoms with Gasteiger partial charge in [0, 0.05) is 17.1 Å². The zero-order valence-electron chi connectivity index (χ0n) is 25.3. The van der Waals surface area contributed by atoms with Crippen molar-refractivity contribution in [1.29, 1.82) is 0 Å². The van der Waals surface area contributed by atoms with Gasteiger partial charge in [-0.15, -0.1) is 0 Å². The summed E-state index contributed by atoms with van der Waals surface area (Å²) in [4.78, 5) is 42.8. The molecule has 3 aromatic rings. The van der Waals surface area contributed by atoms with E-state index < -0.39 is 46.5 Å². The maximum absolute atomic E-state index is 15.2. The van der Waals surface area contributed by atoms with Crippen LogP contribution in [-0.4, -0.2) is 43.1 Å². The van der Waals surface area contributed by atoms with Gasteiger partial charge in [-0.2, -0.15) is 0 Å². The fourth-order valence-corrected chi connectivity index (χ4v) is 5.77. The number of hydrogen-bond donors (Lipinski definition) is 0. The van der Waals surface area contributed by atoms with Crippen LogP contribution in [0.1, 0.15) is 55.2 Å². The van der Waals surface area contributed by atoms with Gasteiger partial charge in [-0.25, -0.2) is 9.59 Å². The molecule has 1 heterocycles. The second-order valence-corrected chi connectivity index (χ2v) is 11.9. The van der Waals surface area contributed by atoms with E-state index in [4.69, 9.17) is 18.9 Å². The second-order valence-electron chi connectivity index (χ2n) is 11.9. The normalized spacial score (nSPS) is 21.4. The van der Waals surface area contributed by atoms with Gasteiger partial charge in [-0.3, -0.25) is 4.79 Å². The zero-order valence-corrected chi connectivity index (χ0v) is 25.3. The third-order valence-electron chi connectivity index (χ3n) is 8.11. The van der Waals surface area contributed by atoms with Crippen LogP contribution in [0, 0.1) is 12.3 Å². The fourth-order valence-electron chi connectivity index (χ4n) is 5.77. The molecule has 1 fully saturated rings. The minimum atomic E-state index is -2.59. The molecule has 0 unspecified atom stereocenters. The zero-order chi connectivity index (χ0) is 31.0. The predicted octanol–water partition coefficient (Wildman–Crippen LogP) is 6.18. The summed E-state index contributed by atoms with van der Waals surface area (Å²) in [5, 5.41) is 0. The number of benzene rings is 3. The monoisotopic (exact) mass is 580 g/mol. The molecule has 222 valence electrons. The largest absolute Gasteiger partial charge is 0.466 e. The Hall–Kier alpha value is -4.33. The van der Waals surface area contributed by atoms with E-state index in [2.05, 4.69) is 0 Å². The maximum Gasteiger partial charge on any atom is 0.354 e. The Labute approximate surface area is 252 Å². The average molecular weight is 581 g/mol. The lowest BCUT2D eigenvalue weighted by Crippen LogP contribution is -2.67. The van der Waals surface area contributed by atoms with Gasteiger partial charge in [0.2, 0.25) is 5.60 Å². The molecular weight excluding hydrogens is 544 g/mol. The molecule has 0 bridgehead atoms. The minimum Gasteiger partial charge on any atom is -0.466 e. The predicted molar refractivity (Wildman–Crippen MR) is 161 cm³/mol. The number of ketones is 1. The van der Waals surface area contributed by atoms with Crippen molar-refractivity contribution in [1.82, 2.24) is 0 Å². The Bertz CT molecular complexity index is 1520. The summed E-state index contributed by atoms with van der Waals surface area (Å²) in [7, 11) is 2.27. The molecule has 7 nitrogen and oxygen atoms in total. The van der Waals surface area contributed by atoms with Crippen molar-refractivity contribution in [2.75, 3.05) is 14.2 Å². The lowest BCUT2D eigenvalue weighted by atomic mass is 9.66. The lowest BCUT2D eigenvalue weighted by Gasteiger charge is -2.40. The van der Waals surface area contributed by atoms with Crippen LogP contribution >= 0.6 is 0 Å². The molecule has 7 heteroatoms. The minimum absolute atomic E-state index is 0.343. The quantitative estimate of drug-likeness (QED) is 0.254. The first-order valence-electron chi connectivity index (χ1n) is 14.2. The van der Waals surface area contributed by atoms with Crippen molar-refractivity contribution in [2.45, 2.75) is 51.1 Å². The van der Waals surface area contributed by atoms with E-state index in [9.17, 15) is 9.59 Å². The van der Waals surface area contributed by atoms with Crippen LogP contribution < -0.4 is 0 Å². The molecule has 1 saturated heterocycles. The summed E-state index contributed by atoms with van der Waals surface area (Å²) in [6, 6.07) is 26.5. The summed E-state index contributed by atoms with van der Waals surface area (Å²) in [6.45, 7) is 7.90. The van der Waals surface area contributed by atoms with E-state index in [1.54, 1.807) is 18.2 Å². The van der Waals surface area contributed by atoms with E-state index >= 15 is 4.79 Å². The average Bonchev–Trinajstić information content (AvgIpc) is 3.35. The topological polar surface area (TPSA) is 88.1 Å². The van der Waals surface area contributed by atoms with Crippen molar-refractivity contribution in [3.05, 3.63) is 130 Å². The van der Waals surface area contributed by atoms with Crippen molar-refractivity contribution >= 4 is 17.7 Å². The van der Waals surface area contributed by atoms with Crippen LogP contribution in [0.25, 0.3) is 0 Å². The van der Waals surface area contributed by atoms with E-state index in [0.717, 1.165) is 30.9 Å². The number of hydrogen-bond acceptors (Lipinski definition) is 7. The van der Waals surface area contributed by atoms with Crippen molar-refractivity contribution in [2.24, 2.45) is 5.41 Å².